The van der Waals surface area contributed by atoms with Crippen LogP contribution in [0, 0.1) is 5.82 Å². The van der Waals surface area contributed by atoms with Crippen LogP contribution in [0.4, 0.5) is 4.39 Å². The van der Waals surface area contributed by atoms with Crippen molar-refractivity contribution in [3.8, 4) is 5.69 Å². The van der Waals surface area contributed by atoms with Crippen LogP contribution in [0.5, 0.6) is 0 Å². The molecule has 1 N–H and O–H groups in total. The Morgan fingerprint density at radius 1 is 1.04 bits per heavy atom. The zero-order valence-electron chi connectivity index (χ0n) is 14.1. The lowest BCUT2D eigenvalue weighted by molar-refractivity contribution is 0.0938. The first kappa shape index (κ1) is 17.1. The second-order valence-corrected chi connectivity index (χ2v) is 6.81. The zero-order valence-corrected chi connectivity index (χ0v) is 14.9. The third kappa shape index (κ3) is 3.78. The highest BCUT2D eigenvalue weighted by molar-refractivity contribution is 7.10. The quantitative estimate of drug-likeness (QED) is 0.571. The van der Waals surface area contributed by atoms with Crippen molar-refractivity contribution in [3.63, 3.8) is 0 Å². The van der Waals surface area contributed by atoms with Crippen LogP contribution in [0.2, 0.25) is 0 Å². The Morgan fingerprint density at radius 2 is 1.81 bits per heavy atom. The summed E-state index contributed by atoms with van der Waals surface area (Å²) in [6.07, 6.45) is 1.43. The van der Waals surface area contributed by atoms with Crippen molar-refractivity contribution in [2.75, 3.05) is 0 Å². The molecule has 7 heteroatoms. The van der Waals surface area contributed by atoms with Gasteiger partial charge < -0.3 is 5.32 Å². The number of rotatable bonds is 5. The third-order valence-corrected chi connectivity index (χ3v) is 4.96. The molecule has 1 unspecified atom stereocenters. The molecular weight excluding hydrogens is 363 g/mol. The number of para-hydroxylation sites is 1. The average Bonchev–Trinajstić information content (AvgIpc) is 3.40. The van der Waals surface area contributed by atoms with Gasteiger partial charge in [0.05, 0.1) is 17.9 Å². The van der Waals surface area contributed by atoms with Gasteiger partial charge in [0.25, 0.3) is 5.91 Å². The van der Waals surface area contributed by atoms with E-state index >= 15 is 0 Å². The van der Waals surface area contributed by atoms with Crippen LogP contribution in [0.1, 0.15) is 27.0 Å². The van der Waals surface area contributed by atoms with E-state index in [1.807, 2.05) is 47.8 Å². The number of thiophene rings is 1. The van der Waals surface area contributed by atoms with Gasteiger partial charge in [-0.15, -0.1) is 16.4 Å². The molecule has 27 heavy (non-hydrogen) atoms. The van der Waals surface area contributed by atoms with E-state index in [0.29, 0.717) is 0 Å². The molecule has 5 nitrogen and oxygen atoms in total. The SMILES string of the molecule is O=C(NC(c1ccc(F)cc1)c1cccs1)c1cnn(-c2ccccc2)n1. The van der Waals surface area contributed by atoms with E-state index in [4.69, 9.17) is 0 Å². The fraction of sp³-hybridized carbons (Fsp3) is 0.0500. The van der Waals surface area contributed by atoms with Crippen LogP contribution in [0.3, 0.4) is 0 Å². The molecule has 134 valence electrons. The molecule has 4 rings (SSSR count). The van der Waals surface area contributed by atoms with Crippen molar-refractivity contribution in [2.45, 2.75) is 6.04 Å². The minimum Gasteiger partial charge on any atom is -0.339 e. The van der Waals surface area contributed by atoms with Gasteiger partial charge in [-0.2, -0.15) is 9.90 Å². The first-order chi connectivity index (χ1) is 13.2. The second kappa shape index (κ2) is 7.51. The maximum absolute atomic E-state index is 13.3. The molecule has 0 spiro atoms. The molecule has 0 aliphatic rings. The van der Waals surface area contributed by atoms with Gasteiger partial charge in [-0.1, -0.05) is 36.4 Å². The zero-order chi connectivity index (χ0) is 18.6. The molecule has 4 aromatic rings. The van der Waals surface area contributed by atoms with Crippen LogP contribution in [0.15, 0.2) is 78.3 Å². The summed E-state index contributed by atoms with van der Waals surface area (Å²) in [6, 6.07) is 18.9. The lowest BCUT2D eigenvalue weighted by Crippen LogP contribution is -2.29. The van der Waals surface area contributed by atoms with Gasteiger partial charge in [-0.25, -0.2) is 4.39 Å². The topological polar surface area (TPSA) is 59.8 Å². The number of halogens is 1. The highest BCUT2D eigenvalue weighted by atomic mass is 32.1. The summed E-state index contributed by atoms with van der Waals surface area (Å²) in [4.78, 5) is 15.1. The first-order valence-electron chi connectivity index (χ1n) is 8.28. The number of benzene rings is 2. The summed E-state index contributed by atoms with van der Waals surface area (Å²) >= 11 is 1.52. The molecule has 0 aliphatic carbocycles. The van der Waals surface area contributed by atoms with Crippen molar-refractivity contribution >= 4 is 17.2 Å². The van der Waals surface area contributed by atoms with Crippen LogP contribution >= 0.6 is 11.3 Å². The number of carbonyl (C=O) groups excluding carboxylic acids is 1. The average molecular weight is 378 g/mol. The standard InChI is InChI=1S/C20H15FN4OS/c21-15-10-8-14(9-11-15)19(18-7-4-12-27-18)23-20(26)17-13-22-25(24-17)16-5-2-1-3-6-16/h1-13,19H,(H,23,26). The first-order valence-corrected chi connectivity index (χ1v) is 9.16. The fourth-order valence-electron chi connectivity index (χ4n) is 2.69. The van der Waals surface area contributed by atoms with Gasteiger partial charge in [-0.05, 0) is 41.3 Å². The number of hydrogen-bond donors (Lipinski definition) is 1. The molecule has 1 atom stereocenters. The summed E-state index contributed by atoms with van der Waals surface area (Å²) in [5, 5.41) is 13.3. The van der Waals surface area contributed by atoms with Gasteiger partial charge in [-0.3, -0.25) is 4.79 Å². The predicted octanol–water partition coefficient (Wildman–Crippen LogP) is 3.99. The molecule has 0 radical (unpaired) electrons. The maximum Gasteiger partial charge on any atom is 0.274 e. The fourth-order valence-corrected chi connectivity index (χ4v) is 3.49. The summed E-state index contributed by atoms with van der Waals surface area (Å²) in [5.41, 5.74) is 1.77. The number of nitrogens with zero attached hydrogens (tertiary/aromatic N) is 3. The Hall–Kier alpha value is -3.32. The van der Waals surface area contributed by atoms with Crippen LogP contribution < -0.4 is 5.32 Å². The normalized spacial score (nSPS) is 11.9. The highest BCUT2D eigenvalue weighted by Crippen LogP contribution is 2.26. The van der Waals surface area contributed by atoms with Crippen LogP contribution in [0.25, 0.3) is 5.69 Å². The minimum atomic E-state index is -0.389. The van der Waals surface area contributed by atoms with Crippen molar-refractivity contribution in [2.24, 2.45) is 0 Å². The molecule has 0 saturated heterocycles. The van der Waals surface area contributed by atoms with E-state index < -0.39 is 0 Å². The third-order valence-electron chi connectivity index (χ3n) is 4.02. The molecule has 1 amide bonds. The second-order valence-electron chi connectivity index (χ2n) is 5.83. The van der Waals surface area contributed by atoms with E-state index in [1.54, 1.807) is 12.1 Å². The molecule has 0 bridgehead atoms. The van der Waals surface area contributed by atoms with Crippen molar-refractivity contribution < 1.29 is 9.18 Å². The summed E-state index contributed by atoms with van der Waals surface area (Å²) in [5.74, 6) is -0.666. The maximum atomic E-state index is 13.3. The molecule has 0 aliphatic heterocycles. The Kier molecular flexibility index (Phi) is 4.76. The number of carbonyl (C=O) groups is 1. The van der Waals surface area contributed by atoms with Gasteiger partial charge in [0, 0.05) is 4.88 Å². The summed E-state index contributed by atoms with van der Waals surface area (Å²) in [7, 11) is 0. The van der Waals surface area contributed by atoms with E-state index in [2.05, 4.69) is 15.5 Å². The van der Waals surface area contributed by atoms with Crippen molar-refractivity contribution in [1.82, 2.24) is 20.3 Å². The van der Waals surface area contributed by atoms with Crippen molar-refractivity contribution in [1.29, 1.82) is 0 Å². The van der Waals surface area contributed by atoms with E-state index in [9.17, 15) is 9.18 Å². The predicted molar refractivity (Wildman–Crippen MR) is 101 cm³/mol. The molecule has 2 aromatic heterocycles. The van der Waals surface area contributed by atoms with E-state index in [-0.39, 0.29) is 23.5 Å². The number of nitrogens with one attached hydrogen (secondary N) is 1. The van der Waals surface area contributed by atoms with Crippen LogP contribution in [-0.2, 0) is 0 Å². The van der Waals surface area contributed by atoms with Gasteiger partial charge in [0.15, 0.2) is 5.69 Å². The van der Waals surface area contributed by atoms with E-state index in [1.165, 1.54) is 34.5 Å². The molecule has 2 heterocycles. The summed E-state index contributed by atoms with van der Waals surface area (Å²) < 4.78 is 13.3. The van der Waals surface area contributed by atoms with Crippen LogP contribution in [-0.4, -0.2) is 20.9 Å². The molecular formula is C20H15FN4OS. The lowest BCUT2D eigenvalue weighted by atomic mass is 10.1. The smallest absolute Gasteiger partial charge is 0.274 e. The molecule has 2 aromatic carbocycles. The van der Waals surface area contributed by atoms with Gasteiger partial charge in [0.1, 0.15) is 5.82 Å². The lowest BCUT2D eigenvalue weighted by Gasteiger charge is -2.17. The van der Waals surface area contributed by atoms with Crippen molar-refractivity contribution in [3.05, 3.63) is 100 Å². The monoisotopic (exact) mass is 378 g/mol. The Labute approximate surface area is 159 Å². The van der Waals surface area contributed by atoms with Gasteiger partial charge in [0.2, 0.25) is 0 Å². The minimum absolute atomic E-state index is 0.211. The molecule has 0 saturated carbocycles. The molecule has 0 fully saturated rings. The Bertz CT molecular complexity index is 1030. The van der Waals surface area contributed by atoms with Gasteiger partial charge >= 0.3 is 0 Å². The Morgan fingerprint density at radius 3 is 2.52 bits per heavy atom. The largest absolute Gasteiger partial charge is 0.339 e. The number of amides is 1. The number of hydrogen-bond acceptors (Lipinski definition) is 4. The number of aromatic nitrogens is 3. The highest BCUT2D eigenvalue weighted by Gasteiger charge is 2.21. The van der Waals surface area contributed by atoms with E-state index in [0.717, 1.165) is 16.1 Å². The summed E-state index contributed by atoms with van der Waals surface area (Å²) in [6.45, 7) is 0. The Balaban J connectivity index is 1.59.